The Bertz CT molecular complexity index is 413. The number of nitrogens with zero attached hydrogens (tertiary/aromatic N) is 1. The Labute approximate surface area is 97.9 Å². The number of carbonyl (C=O) groups excluding carboxylic acids is 1. The van der Waals surface area contributed by atoms with Crippen LogP contribution >= 0.6 is 0 Å². The van der Waals surface area contributed by atoms with Gasteiger partial charge in [0.05, 0.1) is 12.4 Å². The molecule has 0 saturated heterocycles. The third-order valence-corrected chi connectivity index (χ3v) is 2.31. The van der Waals surface area contributed by atoms with Crippen molar-refractivity contribution in [1.29, 1.82) is 0 Å². The van der Waals surface area contributed by atoms with E-state index in [1.807, 2.05) is 13.8 Å². The minimum Gasteiger partial charge on any atom is -0.477 e. The lowest BCUT2D eigenvalue weighted by Crippen LogP contribution is -2.35. The zero-order chi connectivity index (χ0) is 13.0. The summed E-state index contributed by atoms with van der Waals surface area (Å²) in [4.78, 5) is 28.3. The summed E-state index contributed by atoms with van der Waals surface area (Å²) in [5, 5.41) is 20.7. The van der Waals surface area contributed by atoms with Crippen LogP contribution in [0.3, 0.4) is 0 Å². The molecule has 1 aromatic heterocycles. The Hall–Kier alpha value is -1.89. The fourth-order valence-corrected chi connectivity index (χ4v) is 1.15. The number of carboxylic acid groups (broad SMARTS) is 1. The zero-order valence-corrected chi connectivity index (χ0v) is 9.60. The average Bonchev–Trinajstić information content (AvgIpc) is 2.73. The summed E-state index contributed by atoms with van der Waals surface area (Å²) in [6, 6.07) is 0. The molecule has 17 heavy (non-hydrogen) atoms. The van der Waals surface area contributed by atoms with Gasteiger partial charge in [0, 0.05) is 6.54 Å². The quantitative estimate of drug-likeness (QED) is 0.572. The minimum atomic E-state index is -1.25. The van der Waals surface area contributed by atoms with Crippen molar-refractivity contribution in [3.63, 3.8) is 0 Å². The predicted molar refractivity (Wildman–Crippen MR) is 58.7 cm³/mol. The van der Waals surface area contributed by atoms with Crippen molar-refractivity contribution >= 4 is 11.9 Å². The van der Waals surface area contributed by atoms with Crippen LogP contribution in [0, 0.1) is 5.92 Å². The summed E-state index contributed by atoms with van der Waals surface area (Å²) in [6.45, 7) is 3.69. The Morgan fingerprint density at radius 3 is 2.71 bits per heavy atom. The van der Waals surface area contributed by atoms with Gasteiger partial charge in [0.2, 0.25) is 0 Å². The molecule has 0 aliphatic rings. The monoisotopic (exact) mass is 241 g/mol. The number of aromatic amines is 1. The molecule has 0 bridgehead atoms. The molecule has 7 nitrogen and oxygen atoms in total. The van der Waals surface area contributed by atoms with E-state index in [1.54, 1.807) is 0 Å². The van der Waals surface area contributed by atoms with Crippen LogP contribution in [-0.4, -0.2) is 44.7 Å². The largest absolute Gasteiger partial charge is 0.477 e. The van der Waals surface area contributed by atoms with E-state index in [-0.39, 0.29) is 23.9 Å². The van der Waals surface area contributed by atoms with Crippen LogP contribution in [0.1, 0.15) is 34.8 Å². The highest BCUT2D eigenvalue weighted by molar-refractivity contribution is 6.02. The topological polar surface area (TPSA) is 115 Å². The first-order chi connectivity index (χ1) is 7.93. The summed E-state index contributed by atoms with van der Waals surface area (Å²) in [7, 11) is 0. The van der Waals surface area contributed by atoms with Crippen LogP contribution in [0.5, 0.6) is 0 Å². The third-order valence-electron chi connectivity index (χ3n) is 2.31. The van der Waals surface area contributed by atoms with E-state index < -0.39 is 18.0 Å². The summed E-state index contributed by atoms with van der Waals surface area (Å²) in [5.74, 6) is -1.87. The van der Waals surface area contributed by atoms with Crippen molar-refractivity contribution in [2.45, 2.75) is 20.0 Å². The first-order valence-corrected chi connectivity index (χ1v) is 5.16. The molecule has 1 atom stereocenters. The van der Waals surface area contributed by atoms with E-state index in [1.165, 1.54) is 0 Å². The lowest BCUT2D eigenvalue weighted by molar-refractivity contribution is 0.0683. The number of amides is 1. The molecule has 1 amide bonds. The summed E-state index contributed by atoms with van der Waals surface area (Å²) < 4.78 is 0. The van der Waals surface area contributed by atoms with Gasteiger partial charge in [-0.05, 0) is 5.92 Å². The smallest absolute Gasteiger partial charge is 0.354 e. The van der Waals surface area contributed by atoms with Gasteiger partial charge in [-0.3, -0.25) is 4.79 Å². The molecule has 0 spiro atoms. The maximum absolute atomic E-state index is 11.6. The van der Waals surface area contributed by atoms with E-state index in [9.17, 15) is 14.7 Å². The lowest BCUT2D eigenvalue weighted by atomic mass is 10.1. The standard InChI is InChI=1S/C10H15N3O4/c1-5(2)6(14)3-11-9(15)7-8(10(16)17)13-4-12-7/h4-6,14H,3H2,1-2H3,(H,11,15)(H,12,13)(H,16,17). The molecular formula is C10H15N3O4. The van der Waals surface area contributed by atoms with Gasteiger partial charge < -0.3 is 20.5 Å². The molecule has 7 heteroatoms. The molecule has 0 aromatic carbocycles. The number of aliphatic hydroxyl groups is 1. The summed E-state index contributed by atoms with van der Waals surface area (Å²) in [6.07, 6.45) is 0.461. The van der Waals surface area contributed by atoms with Gasteiger partial charge in [0.1, 0.15) is 0 Å². The Morgan fingerprint density at radius 2 is 2.18 bits per heavy atom. The van der Waals surface area contributed by atoms with Crippen molar-refractivity contribution < 1.29 is 19.8 Å². The highest BCUT2D eigenvalue weighted by Gasteiger charge is 2.20. The minimum absolute atomic E-state index is 0.00780. The second-order valence-electron chi connectivity index (χ2n) is 3.95. The third kappa shape index (κ3) is 3.28. The van der Waals surface area contributed by atoms with Crippen LogP contribution in [0.25, 0.3) is 0 Å². The number of aromatic nitrogens is 2. The summed E-state index contributed by atoms with van der Waals surface area (Å²) in [5.41, 5.74) is -0.449. The maximum Gasteiger partial charge on any atom is 0.354 e. The van der Waals surface area contributed by atoms with Gasteiger partial charge in [-0.25, -0.2) is 9.78 Å². The molecule has 1 aromatic rings. The molecule has 94 valence electrons. The lowest BCUT2D eigenvalue weighted by Gasteiger charge is -2.14. The molecule has 0 radical (unpaired) electrons. The number of nitrogens with one attached hydrogen (secondary N) is 2. The van der Waals surface area contributed by atoms with Crippen molar-refractivity contribution in [3.8, 4) is 0 Å². The maximum atomic E-state index is 11.6. The first-order valence-electron chi connectivity index (χ1n) is 5.16. The first kappa shape index (κ1) is 13.2. The number of hydrogen-bond acceptors (Lipinski definition) is 4. The predicted octanol–water partition coefficient (Wildman–Crippen LogP) is -0.145. The number of aliphatic hydroxyl groups excluding tert-OH is 1. The van der Waals surface area contributed by atoms with Crippen molar-refractivity contribution in [3.05, 3.63) is 17.7 Å². The number of H-pyrrole nitrogens is 1. The van der Waals surface area contributed by atoms with Gasteiger partial charge in [0.15, 0.2) is 11.4 Å². The average molecular weight is 241 g/mol. The number of carboxylic acids is 1. The molecule has 1 heterocycles. The second-order valence-corrected chi connectivity index (χ2v) is 3.95. The highest BCUT2D eigenvalue weighted by Crippen LogP contribution is 2.03. The number of carbonyl (C=O) groups is 2. The van der Waals surface area contributed by atoms with Gasteiger partial charge in [0.25, 0.3) is 5.91 Å². The molecular weight excluding hydrogens is 226 g/mol. The van der Waals surface area contributed by atoms with E-state index >= 15 is 0 Å². The van der Waals surface area contributed by atoms with Crippen molar-refractivity contribution in [1.82, 2.24) is 15.3 Å². The van der Waals surface area contributed by atoms with Gasteiger partial charge >= 0.3 is 5.97 Å². The van der Waals surface area contributed by atoms with Gasteiger partial charge in [-0.1, -0.05) is 13.8 Å². The van der Waals surface area contributed by atoms with Crippen LogP contribution in [-0.2, 0) is 0 Å². The number of aromatic carboxylic acids is 1. The summed E-state index contributed by atoms with van der Waals surface area (Å²) >= 11 is 0. The molecule has 0 fully saturated rings. The number of imidazole rings is 1. The molecule has 4 N–H and O–H groups in total. The fraction of sp³-hybridized carbons (Fsp3) is 0.500. The molecule has 1 unspecified atom stereocenters. The Kier molecular flexibility index (Phi) is 4.22. The molecule has 0 saturated carbocycles. The fourth-order valence-electron chi connectivity index (χ4n) is 1.15. The number of hydrogen-bond donors (Lipinski definition) is 4. The molecule has 0 aliphatic heterocycles. The van der Waals surface area contributed by atoms with Crippen LogP contribution in [0.15, 0.2) is 6.33 Å². The van der Waals surface area contributed by atoms with Crippen molar-refractivity contribution in [2.75, 3.05) is 6.54 Å². The normalized spacial score (nSPS) is 12.5. The van der Waals surface area contributed by atoms with E-state index in [0.717, 1.165) is 6.33 Å². The second kappa shape index (κ2) is 5.44. The zero-order valence-electron chi connectivity index (χ0n) is 9.60. The Balaban J connectivity index is 2.64. The van der Waals surface area contributed by atoms with Crippen LogP contribution < -0.4 is 5.32 Å². The van der Waals surface area contributed by atoms with E-state index in [2.05, 4.69) is 15.3 Å². The van der Waals surface area contributed by atoms with Crippen LogP contribution in [0.2, 0.25) is 0 Å². The highest BCUT2D eigenvalue weighted by atomic mass is 16.4. The van der Waals surface area contributed by atoms with Gasteiger partial charge in [-0.15, -0.1) is 0 Å². The SMILES string of the molecule is CC(C)C(O)CNC(=O)c1nc[nH]c1C(=O)O. The van der Waals surface area contributed by atoms with Crippen LogP contribution in [0.4, 0.5) is 0 Å². The molecule has 1 rings (SSSR count). The Morgan fingerprint density at radius 1 is 1.53 bits per heavy atom. The van der Waals surface area contributed by atoms with Crippen molar-refractivity contribution in [2.24, 2.45) is 5.92 Å². The number of rotatable bonds is 5. The van der Waals surface area contributed by atoms with E-state index in [0.29, 0.717) is 0 Å². The van der Waals surface area contributed by atoms with Gasteiger partial charge in [-0.2, -0.15) is 0 Å². The van der Waals surface area contributed by atoms with E-state index in [4.69, 9.17) is 5.11 Å². The molecule has 0 aliphatic carbocycles.